The number of hydrogen-bond acceptors (Lipinski definition) is 3. The third kappa shape index (κ3) is 2.40. The van der Waals surface area contributed by atoms with Crippen molar-refractivity contribution in [2.24, 2.45) is 0 Å². The van der Waals surface area contributed by atoms with Crippen LogP contribution in [0.5, 0.6) is 0 Å². The highest BCUT2D eigenvalue weighted by molar-refractivity contribution is 6.30. The molecule has 0 spiro atoms. The lowest BCUT2D eigenvalue weighted by atomic mass is 9.94. The summed E-state index contributed by atoms with van der Waals surface area (Å²) in [6, 6.07) is 6.16. The molecule has 2 atom stereocenters. The fourth-order valence-corrected chi connectivity index (χ4v) is 3.19. The predicted octanol–water partition coefficient (Wildman–Crippen LogP) is 1.42. The Morgan fingerprint density at radius 1 is 1.24 bits per heavy atom. The molecule has 1 heterocycles. The Morgan fingerprint density at radius 3 is 2.38 bits per heavy atom. The van der Waals surface area contributed by atoms with Crippen molar-refractivity contribution in [2.75, 3.05) is 6.54 Å². The van der Waals surface area contributed by atoms with Crippen molar-refractivity contribution in [1.29, 1.82) is 0 Å². The van der Waals surface area contributed by atoms with E-state index in [1.807, 2.05) is 12.1 Å². The zero-order valence-corrected chi connectivity index (χ0v) is 12.1. The molecule has 1 aromatic carbocycles. The van der Waals surface area contributed by atoms with Crippen LogP contribution >= 0.6 is 11.6 Å². The molecule has 0 aromatic heterocycles. The van der Waals surface area contributed by atoms with Crippen molar-refractivity contribution in [2.45, 2.75) is 36.8 Å². The minimum absolute atomic E-state index is 0.0884. The molecule has 1 aliphatic heterocycles. The fraction of sp³-hybridized carbons (Fsp3) is 0.467. The van der Waals surface area contributed by atoms with Gasteiger partial charge in [0.05, 0.1) is 11.5 Å². The number of carboxylic acid groups (broad SMARTS) is 1. The lowest BCUT2D eigenvalue weighted by Gasteiger charge is -2.26. The van der Waals surface area contributed by atoms with Gasteiger partial charge in [0.2, 0.25) is 5.91 Å². The average Bonchev–Trinajstić information content (AvgIpc) is 3.15. The number of carbonyl (C=O) groups excluding carboxylic acids is 1. The van der Waals surface area contributed by atoms with Gasteiger partial charge in [-0.2, -0.15) is 0 Å². The third-order valence-electron chi connectivity index (χ3n) is 4.38. The van der Waals surface area contributed by atoms with Gasteiger partial charge >= 0.3 is 5.97 Å². The summed E-state index contributed by atoms with van der Waals surface area (Å²) in [7, 11) is 0. The Morgan fingerprint density at radius 2 is 1.86 bits per heavy atom. The van der Waals surface area contributed by atoms with E-state index in [0.29, 0.717) is 17.9 Å². The maximum atomic E-state index is 12.8. The fourth-order valence-electron chi connectivity index (χ4n) is 3.07. The van der Waals surface area contributed by atoms with Crippen molar-refractivity contribution in [1.82, 2.24) is 4.90 Å². The summed E-state index contributed by atoms with van der Waals surface area (Å²) in [6.07, 6.45) is 0.729. The SMILES string of the molecule is O=C(O)C1CC(O)CN1C(=O)C1(c2ccc(Cl)cc2)CC1. The lowest BCUT2D eigenvalue weighted by Crippen LogP contribution is -2.45. The third-order valence-corrected chi connectivity index (χ3v) is 4.63. The number of amides is 1. The average molecular weight is 310 g/mol. The van der Waals surface area contributed by atoms with E-state index >= 15 is 0 Å². The van der Waals surface area contributed by atoms with E-state index in [9.17, 15) is 19.8 Å². The van der Waals surface area contributed by atoms with Gasteiger partial charge in [0, 0.05) is 18.0 Å². The Bertz CT molecular complexity index is 582. The highest BCUT2D eigenvalue weighted by atomic mass is 35.5. The van der Waals surface area contributed by atoms with E-state index in [2.05, 4.69) is 0 Å². The van der Waals surface area contributed by atoms with Gasteiger partial charge < -0.3 is 15.1 Å². The van der Waals surface area contributed by atoms with Crippen molar-refractivity contribution in [3.05, 3.63) is 34.9 Å². The molecule has 3 rings (SSSR count). The van der Waals surface area contributed by atoms with Gasteiger partial charge in [-0.3, -0.25) is 4.79 Å². The van der Waals surface area contributed by atoms with Crippen molar-refractivity contribution < 1.29 is 19.8 Å². The smallest absolute Gasteiger partial charge is 0.326 e. The van der Waals surface area contributed by atoms with Gasteiger partial charge in [-0.1, -0.05) is 23.7 Å². The molecule has 2 N–H and O–H groups in total. The minimum atomic E-state index is -1.06. The highest BCUT2D eigenvalue weighted by Gasteiger charge is 2.56. The molecular formula is C15H16ClNO4. The van der Waals surface area contributed by atoms with Gasteiger partial charge in [-0.25, -0.2) is 4.79 Å². The first-order valence-corrected chi connectivity index (χ1v) is 7.30. The van der Waals surface area contributed by atoms with Crippen LogP contribution in [-0.4, -0.2) is 45.7 Å². The molecule has 0 radical (unpaired) electrons. The first-order chi connectivity index (χ1) is 9.94. The second-order valence-corrected chi connectivity index (χ2v) is 6.23. The molecule has 2 unspecified atom stereocenters. The summed E-state index contributed by atoms with van der Waals surface area (Å²) >= 11 is 5.87. The summed E-state index contributed by atoms with van der Waals surface area (Å²) < 4.78 is 0. The molecule has 1 aromatic rings. The molecular weight excluding hydrogens is 294 g/mol. The molecule has 0 bridgehead atoms. The topological polar surface area (TPSA) is 77.8 Å². The maximum absolute atomic E-state index is 12.8. The van der Waals surface area contributed by atoms with Crippen LogP contribution in [0.1, 0.15) is 24.8 Å². The highest BCUT2D eigenvalue weighted by Crippen LogP contribution is 2.50. The summed E-state index contributed by atoms with van der Waals surface area (Å²) in [5.41, 5.74) is 0.227. The van der Waals surface area contributed by atoms with Crippen molar-refractivity contribution >= 4 is 23.5 Å². The lowest BCUT2D eigenvalue weighted by molar-refractivity contribution is -0.149. The van der Waals surface area contributed by atoms with Gasteiger partial charge in [0.25, 0.3) is 0 Å². The number of aliphatic carboxylic acids is 1. The number of halogens is 1. The standard InChI is InChI=1S/C15H16ClNO4/c16-10-3-1-9(2-4-10)15(5-6-15)14(21)17-8-11(18)7-12(17)13(19)20/h1-4,11-12,18H,5-8H2,(H,19,20). The Hall–Kier alpha value is -1.59. The van der Waals surface area contributed by atoms with Crippen LogP contribution < -0.4 is 0 Å². The molecule has 1 amide bonds. The molecule has 21 heavy (non-hydrogen) atoms. The largest absolute Gasteiger partial charge is 0.480 e. The number of nitrogens with zero attached hydrogens (tertiary/aromatic N) is 1. The second kappa shape index (κ2) is 5.00. The van der Waals surface area contributed by atoms with E-state index in [4.69, 9.17) is 11.6 Å². The number of carbonyl (C=O) groups is 2. The molecule has 1 saturated heterocycles. The Labute approximate surface area is 127 Å². The second-order valence-electron chi connectivity index (χ2n) is 5.79. The number of aliphatic hydroxyl groups excluding tert-OH is 1. The van der Waals surface area contributed by atoms with Gasteiger partial charge in [-0.05, 0) is 30.5 Å². The number of carboxylic acids is 1. The van der Waals surface area contributed by atoms with E-state index < -0.39 is 23.5 Å². The number of likely N-dealkylation sites (tertiary alicyclic amines) is 1. The first kappa shape index (κ1) is 14.4. The van der Waals surface area contributed by atoms with Crippen molar-refractivity contribution in [3.8, 4) is 0 Å². The van der Waals surface area contributed by atoms with Crippen LogP contribution in [0.2, 0.25) is 5.02 Å². The zero-order chi connectivity index (χ0) is 15.2. The quantitative estimate of drug-likeness (QED) is 0.885. The Balaban J connectivity index is 1.87. The molecule has 6 heteroatoms. The zero-order valence-electron chi connectivity index (χ0n) is 11.3. The van der Waals surface area contributed by atoms with Crippen LogP contribution in [0.4, 0.5) is 0 Å². The van der Waals surface area contributed by atoms with E-state index in [1.54, 1.807) is 12.1 Å². The number of β-amino-alcohol motifs (C(OH)–C–C–N with tert-alkyl or cyclic N) is 1. The molecule has 2 aliphatic rings. The maximum Gasteiger partial charge on any atom is 0.326 e. The van der Waals surface area contributed by atoms with Crippen molar-refractivity contribution in [3.63, 3.8) is 0 Å². The van der Waals surface area contributed by atoms with E-state index in [1.165, 1.54) is 4.90 Å². The minimum Gasteiger partial charge on any atom is -0.480 e. The van der Waals surface area contributed by atoms with Crippen LogP contribution in [0.15, 0.2) is 24.3 Å². The number of rotatable bonds is 3. The molecule has 5 nitrogen and oxygen atoms in total. The summed E-state index contributed by atoms with van der Waals surface area (Å²) in [6.45, 7) is 0.0884. The molecule has 2 fully saturated rings. The van der Waals surface area contributed by atoms with Gasteiger partial charge in [0.1, 0.15) is 6.04 Å². The number of aliphatic hydroxyl groups is 1. The van der Waals surface area contributed by atoms with Gasteiger partial charge in [-0.15, -0.1) is 0 Å². The van der Waals surface area contributed by atoms with Crippen LogP contribution in [0.3, 0.4) is 0 Å². The first-order valence-electron chi connectivity index (χ1n) is 6.92. The normalized spacial score (nSPS) is 26.7. The van der Waals surface area contributed by atoms with E-state index in [-0.39, 0.29) is 18.9 Å². The van der Waals surface area contributed by atoms with Gasteiger partial charge in [0.15, 0.2) is 0 Å². The van der Waals surface area contributed by atoms with Crippen LogP contribution in [0, 0.1) is 0 Å². The van der Waals surface area contributed by atoms with Crippen LogP contribution in [0.25, 0.3) is 0 Å². The number of benzene rings is 1. The summed E-state index contributed by atoms with van der Waals surface area (Å²) in [5.74, 6) is -1.26. The molecule has 1 aliphatic carbocycles. The Kier molecular flexibility index (Phi) is 3.42. The summed E-state index contributed by atoms with van der Waals surface area (Å²) in [5, 5.41) is 19.5. The predicted molar refractivity (Wildman–Crippen MR) is 76.1 cm³/mol. The van der Waals surface area contributed by atoms with E-state index in [0.717, 1.165) is 5.56 Å². The molecule has 112 valence electrons. The monoisotopic (exact) mass is 309 g/mol. The number of hydrogen-bond donors (Lipinski definition) is 2. The van der Waals surface area contributed by atoms with Crippen LogP contribution in [-0.2, 0) is 15.0 Å². The summed E-state index contributed by atoms with van der Waals surface area (Å²) in [4.78, 5) is 25.4. The molecule has 1 saturated carbocycles.